The first-order valence-electron chi connectivity index (χ1n) is 7.48. The van der Waals surface area contributed by atoms with Crippen LogP contribution in [0.3, 0.4) is 0 Å². The zero-order chi connectivity index (χ0) is 12.3. The molecule has 17 heavy (non-hydrogen) atoms. The third-order valence-electron chi connectivity index (χ3n) is 4.76. The van der Waals surface area contributed by atoms with Crippen LogP contribution in [0.4, 0.5) is 0 Å². The second kappa shape index (κ2) is 5.88. The van der Waals surface area contributed by atoms with E-state index in [4.69, 9.17) is 0 Å². The number of rotatable bonds is 3. The molecule has 0 aromatic rings. The van der Waals surface area contributed by atoms with E-state index in [9.17, 15) is 4.79 Å². The summed E-state index contributed by atoms with van der Waals surface area (Å²) in [5, 5.41) is 3.11. The third kappa shape index (κ3) is 3.02. The molecule has 2 fully saturated rings. The summed E-state index contributed by atoms with van der Waals surface area (Å²) >= 11 is 0. The fourth-order valence-corrected chi connectivity index (χ4v) is 4.01. The normalized spacial score (nSPS) is 29.1. The highest BCUT2D eigenvalue weighted by Gasteiger charge is 2.37. The van der Waals surface area contributed by atoms with Gasteiger partial charge in [0.25, 0.3) is 0 Å². The van der Waals surface area contributed by atoms with Crippen LogP contribution in [-0.2, 0) is 4.79 Å². The molecule has 1 aliphatic heterocycles. The van der Waals surface area contributed by atoms with Crippen LogP contribution in [-0.4, -0.2) is 12.5 Å². The molecule has 2 aliphatic rings. The van der Waals surface area contributed by atoms with E-state index < -0.39 is 0 Å². The molecule has 1 amide bonds. The highest BCUT2D eigenvalue weighted by Crippen LogP contribution is 2.41. The first kappa shape index (κ1) is 12.9. The molecule has 0 aromatic carbocycles. The van der Waals surface area contributed by atoms with Gasteiger partial charge in [0, 0.05) is 12.5 Å². The number of amides is 1. The SMILES string of the molecule is CC(C)C(C1CCCC1)C1CCCCNC1=O. The van der Waals surface area contributed by atoms with Gasteiger partial charge in [-0.25, -0.2) is 0 Å². The second-order valence-electron chi connectivity index (χ2n) is 6.26. The summed E-state index contributed by atoms with van der Waals surface area (Å²) in [6.45, 7) is 5.51. The largest absolute Gasteiger partial charge is 0.356 e. The van der Waals surface area contributed by atoms with Gasteiger partial charge < -0.3 is 5.32 Å². The Balaban J connectivity index is 2.09. The van der Waals surface area contributed by atoms with Gasteiger partial charge in [-0.2, -0.15) is 0 Å². The van der Waals surface area contributed by atoms with Crippen LogP contribution in [0, 0.1) is 23.7 Å². The minimum absolute atomic E-state index is 0.292. The van der Waals surface area contributed by atoms with Crippen molar-refractivity contribution in [2.75, 3.05) is 6.54 Å². The topological polar surface area (TPSA) is 29.1 Å². The van der Waals surface area contributed by atoms with Gasteiger partial charge in [-0.1, -0.05) is 46.0 Å². The molecular formula is C15H27NO. The average molecular weight is 237 g/mol. The van der Waals surface area contributed by atoms with Crippen molar-refractivity contribution in [3.8, 4) is 0 Å². The molecule has 0 spiro atoms. The van der Waals surface area contributed by atoms with Gasteiger partial charge in [-0.15, -0.1) is 0 Å². The lowest BCUT2D eigenvalue weighted by atomic mass is 9.72. The Hall–Kier alpha value is -0.530. The minimum Gasteiger partial charge on any atom is -0.356 e. The Morgan fingerprint density at radius 3 is 2.35 bits per heavy atom. The van der Waals surface area contributed by atoms with Crippen molar-refractivity contribution in [1.29, 1.82) is 0 Å². The molecule has 1 saturated heterocycles. The first-order valence-corrected chi connectivity index (χ1v) is 7.48. The van der Waals surface area contributed by atoms with Crippen molar-refractivity contribution in [1.82, 2.24) is 5.32 Å². The van der Waals surface area contributed by atoms with Gasteiger partial charge in [0.05, 0.1) is 0 Å². The molecule has 98 valence electrons. The zero-order valence-electron chi connectivity index (χ0n) is 11.4. The minimum atomic E-state index is 0.292. The van der Waals surface area contributed by atoms with Gasteiger partial charge in [-0.05, 0) is 30.6 Å². The zero-order valence-corrected chi connectivity index (χ0v) is 11.4. The van der Waals surface area contributed by atoms with Crippen LogP contribution in [0.2, 0.25) is 0 Å². The van der Waals surface area contributed by atoms with Crippen molar-refractivity contribution < 1.29 is 4.79 Å². The van der Waals surface area contributed by atoms with E-state index in [1.54, 1.807) is 0 Å². The van der Waals surface area contributed by atoms with Gasteiger partial charge in [0.1, 0.15) is 0 Å². The molecule has 1 aliphatic carbocycles. The van der Waals surface area contributed by atoms with E-state index in [0.717, 1.165) is 25.3 Å². The lowest BCUT2D eigenvalue weighted by molar-refractivity contribution is -0.128. The summed E-state index contributed by atoms with van der Waals surface area (Å²) in [5.41, 5.74) is 0. The Labute approximate surface area is 106 Å². The summed E-state index contributed by atoms with van der Waals surface area (Å²) in [6, 6.07) is 0. The van der Waals surface area contributed by atoms with E-state index in [2.05, 4.69) is 19.2 Å². The highest BCUT2D eigenvalue weighted by atomic mass is 16.1. The number of carbonyl (C=O) groups is 1. The van der Waals surface area contributed by atoms with Crippen molar-refractivity contribution in [3.63, 3.8) is 0 Å². The van der Waals surface area contributed by atoms with Gasteiger partial charge in [-0.3, -0.25) is 4.79 Å². The summed E-state index contributed by atoms with van der Waals surface area (Å²) < 4.78 is 0. The van der Waals surface area contributed by atoms with E-state index in [1.807, 2.05) is 0 Å². The fraction of sp³-hybridized carbons (Fsp3) is 0.933. The van der Waals surface area contributed by atoms with Crippen LogP contribution < -0.4 is 5.32 Å². The lowest BCUT2D eigenvalue weighted by Gasteiger charge is -2.33. The molecule has 0 radical (unpaired) electrons. The van der Waals surface area contributed by atoms with E-state index in [0.29, 0.717) is 23.7 Å². The molecule has 2 rings (SSSR count). The van der Waals surface area contributed by atoms with Gasteiger partial charge in [0.15, 0.2) is 0 Å². The molecule has 2 nitrogen and oxygen atoms in total. The van der Waals surface area contributed by atoms with Crippen molar-refractivity contribution >= 4 is 5.91 Å². The summed E-state index contributed by atoms with van der Waals surface area (Å²) in [7, 11) is 0. The van der Waals surface area contributed by atoms with Gasteiger partial charge in [0.2, 0.25) is 5.91 Å². The van der Waals surface area contributed by atoms with Gasteiger partial charge >= 0.3 is 0 Å². The van der Waals surface area contributed by atoms with Crippen molar-refractivity contribution in [2.24, 2.45) is 23.7 Å². The average Bonchev–Trinajstić information content (AvgIpc) is 2.71. The van der Waals surface area contributed by atoms with Crippen molar-refractivity contribution in [3.05, 3.63) is 0 Å². The Bertz CT molecular complexity index is 256. The molecule has 0 bridgehead atoms. The molecule has 1 saturated carbocycles. The molecule has 2 heteroatoms. The molecule has 1 heterocycles. The van der Waals surface area contributed by atoms with E-state index >= 15 is 0 Å². The smallest absolute Gasteiger partial charge is 0.223 e. The molecular weight excluding hydrogens is 210 g/mol. The Kier molecular flexibility index (Phi) is 4.47. The highest BCUT2D eigenvalue weighted by molar-refractivity contribution is 5.79. The van der Waals surface area contributed by atoms with E-state index in [-0.39, 0.29) is 0 Å². The Morgan fingerprint density at radius 1 is 1.06 bits per heavy atom. The second-order valence-corrected chi connectivity index (χ2v) is 6.26. The van der Waals surface area contributed by atoms with E-state index in [1.165, 1.54) is 32.1 Å². The maximum Gasteiger partial charge on any atom is 0.223 e. The summed E-state index contributed by atoms with van der Waals surface area (Å²) in [5.74, 6) is 2.71. The van der Waals surface area contributed by atoms with Crippen LogP contribution in [0.25, 0.3) is 0 Å². The lowest BCUT2D eigenvalue weighted by Crippen LogP contribution is -2.38. The van der Waals surface area contributed by atoms with Crippen LogP contribution in [0.5, 0.6) is 0 Å². The van der Waals surface area contributed by atoms with Crippen LogP contribution in [0.1, 0.15) is 58.8 Å². The van der Waals surface area contributed by atoms with Crippen LogP contribution >= 0.6 is 0 Å². The predicted octanol–water partition coefficient (Wildman–Crippen LogP) is 3.37. The number of nitrogens with one attached hydrogen (secondary N) is 1. The summed E-state index contributed by atoms with van der Waals surface area (Å²) in [4.78, 5) is 12.2. The number of hydrogen-bond acceptors (Lipinski definition) is 1. The monoisotopic (exact) mass is 237 g/mol. The molecule has 2 atom stereocenters. The standard InChI is InChI=1S/C15H27NO/c1-11(2)14(12-7-3-4-8-12)13-9-5-6-10-16-15(13)17/h11-14H,3-10H2,1-2H3,(H,16,17). The Morgan fingerprint density at radius 2 is 1.71 bits per heavy atom. The molecule has 0 aromatic heterocycles. The third-order valence-corrected chi connectivity index (χ3v) is 4.76. The van der Waals surface area contributed by atoms with Crippen molar-refractivity contribution in [2.45, 2.75) is 58.8 Å². The number of carbonyl (C=O) groups excluding carboxylic acids is 1. The molecule has 2 unspecified atom stereocenters. The number of hydrogen-bond donors (Lipinski definition) is 1. The first-order chi connectivity index (χ1) is 8.20. The maximum atomic E-state index is 12.2. The van der Waals surface area contributed by atoms with Crippen LogP contribution in [0.15, 0.2) is 0 Å². The predicted molar refractivity (Wildman–Crippen MR) is 70.6 cm³/mol. The molecule has 1 N–H and O–H groups in total. The fourth-order valence-electron chi connectivity index (χ4n) is 4.01. The quantitative estimate of drug-likeness (QED) is 0.801. The summed E-state index contributed by atoms with van der Waals surface area (Å²) in [6.07, 6.45) is 8.96. The maximum absolute atomic E-state index is 12.2.